The molecule has 0 saturated carbocycles. The van der Waals surface area contributed by atoms with Gasteiger partial charge in [-0.25, -0.2) is 0 Å². The lowest BCUT2D eigenvalue weighted by molar-refractivity contribution is -0.134. The fraction of sp³-hybridized carbons (Fsp3) is 0.458. The summed E-state index contributed by atoms with van der Waals surface area (Å²) >= 11 is 0. The topological polar surface area (TPSA) is 53.7 Å². The number of amides is 1. The van der Waals surface area contributed by atoms with E-state index >= 15 is 0 Å². The number of rotatable bonds is 5. The number of hydrogen-bond acceptors (Lipinski definition) is 4. The van der Waals surface area contributed by atoms with E-state index in [1.807, 2.05) is 24.4 Å². The van der Waals surface area contributed by atoms with Crippen LogP contribution in [-0.4, -0.2) is 56.5 Å². The maximum absolute atomic E-state index is 13.0. The van der Waals surface area contributed by atoms with Crippen molar-refractivity contribution in [2.45, 2.75) is 38.1 Å². The Hall–Kier alpha value is -2.73. The summed E-state index contributed by atoms with van der Waals surface area (Å²) in [5.74, 6) is 1.89. The van der Waals surface area contributed by atoms with Crippen LogP contribution in [0.1, 0.15) is 43.1 Å². The van der Waals surface area contributed by atoms with Crippen molar-refractivity contribution >= 4 is 11.6 Å². The molecule has 0 aliphatic carbocycles. The highest BCUT2D eigenvalue weighted by atomic mass is 16.2. The molecule has 2 fully saturated rings. The first kappa shape index (κ1) is 19.2. The summed E-state index contributed by atoms with van der Waals surface area (Å²) in [4.78, 5) is 17.4. The van der Waals surface area contributed by atoms with Gasteiger partial charge in [-0.05, 0) is 62.3 Å². The zero-order valence-corrected chi connectivity index (χ0v) is 17.4. The van der Waals surface area contributed by atoms with Crippen LogP contribution >= 0.6 is 0 Å². The smallest absolute Gasteiger partial charge is 0.236 e. The number of carbonyl (C=O) groups excluding carboxylic acids is 1. The minimum absolute atomic E-state index is 0.168. The SMILES string of the molecule is O=C(CN1CCC[C@H]1c1nnc2ccccn12)N1CCC(Cc2ccccc2)CC1. The number of fused-ring (bicyclic) bond motifs is 1. The molecule has 30 heavy (non-hydrogen) atoms. The number of nitrogens with zero attached hydrogens (tertiary/aromatic N) is 5. The van der Waals surface area contributed by atoms with Crippen molar-refractivity contribution in [3.8, 4) is 0 Å². The fourth-order valence-electron chi connectivity index (χ4n) is 5.00. The Morgan fingerprint density at radius 2 is 1.73 bits per heavy atom. The van der Waals surface area contributed by atoms with Crippen LogP contribution in [0.25, 0.3) is 5.65 Å². The van der Waals surface area contributed by atoms with Crippen LogP contribution in [0.4, 0.5) is 0 Å². The Labute approximate surface area is 177 Å². The van der Waals surface area contributed by atoms with Gasteiger partial charge in [0, 0.05) is 19.3 Å². The van der Waals surface area contributed by atoms with Crippen LogP contribution in [0.15, 0.2) is 54.7 Å². The van der Waals surface area contributed by atoms with Crippen molar-refractivity contribution < 1.29 is 4.79 Å². The van der Waals surface area contributed by atoms with Crippen molar-refractivity contribution in [2.24, 2.45) is 5.92 Å². The Morgan fingerprint density at radius 1 is 0.933 bits per heavy atom. The van der Waals surface area contributed by atoms with Crippen LogP contribution in [0.2, 0.25) is 0 Å². The van der Waals surface area contributed by atoms with Crippen molar-refractivity contribution in [1.82, 2.24) is 24.4 Å². The zero-order valence-electron chi connectivity index (χ0n) is 17.4. The van der Waals surface area contributed by atoms with E-state index in [9.17, 15) is 4.79 Å². The van der Waals surface area contributed by atoms with E-state index in [0.29, 0.717) is 12.5 Å². The van der Waals surface area contributed by atoms with Crippen molar-refractivity contribution in [3.05, 3.63) is 66.1 Å². The van der Waals surface area contributed by atoms with Gasteiger partial charge in [0.2, 0.25) is 5.91 Å². The third-order valence-electron chi connectivity index (χ3n) is 6.67. The lowest BCUT2D eigenvalue weighted by atomic mass is 9.90. The van der Waals surface area contributed by atoms with Crippen molar-refractivity contribution in [2.75, 3.05) is 26.2 Å². The monoisotopic (exact) mass is 403 g/mol. The molecule has 1 atom stereocenters. The molecule has 2 aromatic heterocycles. The van der Waals surface area contributed by atoms with Gasteiger partial charge in [0.15, 0.2) is 11.5 Å². The highest BCUT2D eigenvalue weighted by Gasteiger charge is 2.33. The average Bonchev–Trinajstić information content (AvgIpc) is 3.41. The van der Waals surface area contributed by atoms with Crippen LogP contribution in [0, 0.1) is 5.92 Å². The molecule has 0 spiro atoms. The largest absolute Gasteiger partial charge is 0.342 e. The summed E-state index contributed by atoms with van der Waals surface area (Å²) in [5, 5.41) is 8.74. The van der Waals surface area contributed by atoms with Gasteiger partial charge >= 0.3 is 0 Å². The van der Waals surface area contributed by atoms with Gasteiger partial charge in [-0.3, -0.25) is 14.1 Å². The molecule has 0 unspecified atom stereocenters. The molecule has 0 radical (unpaired) electrons. The molecule has 0 bridgehead atoms. The second-order valence-electron chi connectivity index (χ2n) is 8.63. The summed E-state index contributed by atoms with van der Waals surface area (Å²) in [7, 11) is 0. The summed E-state index contributed by atoms with van der Waals surface area (Å²) in [5.41, 5.74) is 2.27. The molecule has 1 amide bonds. The van der Waals surface area contributed by atoms with Gasteiger partial charge in [0.05, 0.1) is 12.6 Å². The Kier molecular flexibility index (Phi) is 5.49. The van der Waals surface area contributed by atoms with E-state index in [1.54, 1.807) is 0 Å². The summed E-state index contributed by atoms with van der Waals surface area (Å²) in [6.07, 6.45) is 7.45. The molecule has 1 aromatic carbocycles. The number of aromatic nitrogens is 3. The predicted molar refractivity (Wildman–Crippen MR) is 116 cm³/mol. The lowest BCUT2D eigenvalue weighted by Crippen LogP contribution is -2.44. The maximum atomic E-state index is 13.0. The maximum Gasteiger partial charge on any atom is 0.236 e. The van der Waals surface area contributed by atoms with E-state index in [-0.39, 0.29) is 11.9 Å². The number of benzene rings is 1. The first-order chi connectivity index (χ1) is 14.8. The van der Waals surface area contributed by atoms with Gasteiger partial charge in [-0.15, -0.1) is 10.2 Å². The Morgan fingerprint density at radius 3 is 2.57 bits per heavy atom. The third-order valence-corrected chi connectivity index (χ3v) is 6.67. The van der Waals surface area contributed by atoms with Gasteiger partial charge in [-0.1, -0.05) is 36.4 Å². The summed E-state index contributed by atoms with van der Waals surface area (Å²) in [6.45, 7) is 3.18. The van der Waals surface area contributed by atoms with Gasteiger partial charge in [0.1, 0.15) is 0 Å². The zero-order chi connectivity index (χ0) is 20.3. The Balaban J connectivity index is 1.18. The molecule has 0 N–H and O–H groups in total. The van der Waals surface area contributed by atoms with Crippen molar-refractivity contribution in [1.29, 1.82) is 0 Å². The number of hydrogen-bond donors (Lipinski definition) is 0. The van der Waals surface area contributed by atoms with Crippen LogP contribution in [0.3, 0.4) is 0 Å². The highest BCUT2D eigenvalue weighted by Crippen LogP contribution is 2.31. The van der Waals surface area contributed by atoms with E-state index < -0.39 is 0 Å². The van der Waals surface area contributed by atoms with Gasteiger partial charge in [0.25, 0.3) is 0 Å². The second-order valence-corrected chi connectivity index (χ2v) is 8.63. The first-order valence-electron chi connectivity index (χ1n) is 11.1. The van der Waals surface area contributed by atoms with Crippen LogP contribution < -0.4 is 0 Å². The van der Waals surface area contributed by atoms with Crippen LogP contribution in [-0.2, 0) is 11.2 Å². The normalized spacial score (nSPS) is 20.8. The molecular weight excluding hydrogens is 374 g/mol. The molecule has 6 heteroatoms. The molecule has 2 saturated heterocycles. The number of likely N-dealkylation sites (tertiary alicyclic amines) is 2. The van der Waals surface area contributed by atoms with Crippen molar-refractivity contribution in [3.63, 3.8) is 0 Å². The third kappa shape index (κ3) is 3.97. The first-order valence-corrected chi connectivity index (χ1v) is 11.1. The van der Waals surface area contributed by atoms with E-state index in [1.165, 1.54) is 5.56 Å². The highest BCUT2D eigenvalue weighted by molar-refractivity contribution is 5.78. The van der Waals surface area contributed by atoms with Gasteiger partial charge in [-0.2, -0.15) is 0 Å². The fourth-order valence-corrected chi connectivity index (χ4v) is 5.00. The molecule has 2 aliphatic rings. The average molecular weight is 404 g/mol. The molecule has 5 rings (SSSR count). The quantitative estimate of drug-likeness (QED) is 0.656. The minimum atomic E-state index is 0.168. The molecule has 156 valence electrons. The molecule has 3 aromatic rings. The summed E-state index contributed by atoms with van der Waals surface area (Å²) < 4.78 is 2.06. The number of piperidine rings is 1. The van der Waals surface area contributed by atoms with Crippen LogP contribution in [0.5, 0.6) is 0 Å². The minimum Gasteiger partial charge on any atom is -0.342 e. The number of pyridine rings is 1. The molecule has 4 heterocycles. The second kappa shape index (κ2) is 8.56. The molecule has 2 aliphatic heterocycles. The predicted octanol–water partition coefficient (Wildman–Crippen LogP) is 3.35. The standard InChI is InChI=1S/C24H29N5O/c30-23(27-15-11-20(12-16-27)17-19-7-2-1-3-8-19)18-28-13-6-9-21(28)24-26-25-22-10-4-5-14-29(22)24/h1-5,7-8,10,14,20-21H,6,9,11-13,15-18H2/t21-/m0/s1. The van der Waals surface area contributed by atoms with E-state index in [0.717, 1.165) is 63.2 Å². The van der Waals surface area contributed by atoms with Gasteiger partial charge < -0.3 is 4.90 Å². The summed E-state index contributed by atoms with van der Waals surface area (Å²) in [6, 6.07) is 16.8. The van der Waals surface area contributed by atoms with E-state index in [2.05, 4.69) is 54.7 Å². The van der Waals surface area contributed by atoms with E-state index in [4.69, 9.17) is 0 Å². The molecule has 6 nitrogen and oxygen atoms in total. The Bertz CT molecular complexity index is 993. The number of carbonyl (C=O) groups is 1. The molecular formula is C24H29N5O. The lowest BCUT2D eigenvalue weighted by Gasteiger charge is -2.34.